The summed E-state index contributed by atoms with van der Waals surface area (Å²) in [5.74, 6) is -0.645. The van der Waals surface area contributed by atoms with Gasteiger partial charge >= 0.3 is 11.8 Å². The molecule has 0 saturated carbocycles. The number of carbonyl (C=O) groups excluding carboxylic acids is 2. The standard InChI is InChI=1S/C18H28N2O3/c1-12(2)9-15(7-8-21)11-19-17(22)18(23)20-16-10-13(3)5-6-14(16)4/h5-6,10,12,15,21H,7-9,11H2,1-4H3,(H,19,22)(H,20,23). The number of rotatable bonds is 7. The highest BCUT2D eigenvalue weighted by atomic mass is 16.3. The van der Waals surface area contributed by atoms with E-state index >= 15 is 0 Å². The summed E-state index contributed by atoms with van der Waals surface area (Å²) in [7, 11) is 0. The van der Waals surface area contributed by atoms with Crippen molar-refractivity contribution in [1.82, 2.24) is 5.32 Å². The zero-order chi connectivity index (χ0) is 17.4. The normalized spacial score (nSPS) is 12.1. The van der Waals surface area contributed by atoms with Gasteiger partial charge in [0.05, 0.1) is 0 Å². The Morgan fingerprint density at radius 1 is 1.17 bits per heavy atom. The van der Waals surface area contributed by atoms with Crippen LogP contribution in [0.5, 0.6) is 0 Å². The lowest BCUT2D eigenvalue weighted by Crippen LogP contribution is -2.38. The molecule has 1 unspecified atom stereocenters. The third kappa shape index (κ3) is 6.82. The molecule has 0 aliphatic carbocycles. The summed E-state index contributed by atoms with van der Waals surface area (Å²) in [4.78, 5) is 23.9. The van der Waals surface area contributed by atoms with E-state index in [2.05, 4.69) is 24.5 Å². The summed E-state index contributed by atoms with van der Waals surface area (Å²) in [6.07, 6.45) is 1.52. The third-order valence-corrected chi connectivity index (χ3v) is 3.74. The van der Waals surface area contributed by atoms with Crippen LogP contribution in [0, 0.1) is 25.7 Å². The van der Waals surface area contributed by atoms with Crippen molar-refractivity contribution in [2.75, 3.05) is 18.5 Å². The molecule has 0 aromatic heterocycles. The average Bonchev–Trinajstić information content (AvgIpc) is 2.47. The average molecular weight is 320 g/mol. The Hall–Kier alpha value is -1.88. The highest BCUT2D eigenvalue weighted by molar-refractivity contribution is 6.39. The molecule has 5 heteroatoms. The van der Waals surface area contributed by atoms with Crippen LogP contribution in [0.4, 0.5) is 5.69 Å². The van der Waals surface area contributed by atoms with Crippen LogP contribution in [0.2, 0.25) is 0 Å². The van der Waals surface area contributed by atoms with Crippen LogP contribution in [-0.2, 0) is 9.59 Å². The maximum absolute atomic E-state index is 12.0. The van der Waals surface area contributed by atoms with Gasteiger partial charge in [0.15, 0.2) is 0 Å². The van der Waals surface area contributed by atoms with E-state index < -0.39 is 11.8 Å². The van der Waals surface area contributed by atoms with Crippen LogP contribution < -0.4 is 10.6 Å². The Bertz CT molecular complexity index is 541. The number of carbonyl (C=O) groups is 2. The fraction of sp³-hybridized carbons (Fsp3) is 0.556. The Kier molecular flexibility index (Phi) is 7.75. The highest BCUT2D eigenvalue weighted by Crippen LogP contribution is 2.16. The summed E-state index contributed by atoms with van der Waals surface area (Å²) in [6.45, 7) is 8.49. The topological polar surface area (TPSA) is 78.4 Å². The quantitative estimate of drug-likeness (QED) is 0.675. The first-order valence-corrected chi connectivity index (χ1v) is 8.10. The fourth-order valence-electron chi connectivity index (χ4n) is 2.52. The number of anilines is 1. The van der Waals surface area contributed by atoms with Crippen LogP contribution in [0.1, 0.15) is 37.8 Å². The first-order valence-electron chi connectivity index (χ1n) is 8.10. The van der Waals surface area contributed by atoms with Crippen molar-refractivity contribution in [1.29, 1.82) is 0 Å². The van der Waals surface area contributed by atoms with Gasteiger partial charge in [-0.1, -0.05) is 26.0 Å². The van der Waals surface area contributed by atoms with E-state index in [-0.39, 0.29) is 12.5 Å². The first-order chi connectivity index (χ1) is 10.8. The van der Waals surface area contributed by atoms with Gasteiger partial charge in [0.2, 0.25) is 0 Å². The van der Waals surface area contributed by atoms with Crippen molar-refractivity contribution >= 4 is 17.5 Å². The van der Waals surface area contributed by atoms with Crippen LogP contribution in [-0.4, -0.2) is 30.1 Å². The SMILES string of the molecule is Cc1ccc(C)c(NC(=O)C(=O)NCC(CCO)CC(C)C)c1. The molecule has 1 aromatic rings. The summed E-state index contributed by atoms with van der Waals surface area (Å²) in [5, 5.41) is 14.4. The minimum Gasteiger partial charge on any atom is -0.396 e. The molecule has 2 amide bonds. The number of benzene rings is 1. The zero-order valence-electron chi connectivity index (χ0n) is 14.5. The van der Waals surface area contributed by atoms with Crippen molar-refractivity contribution in [3.05, 3.63) is 29.3 Å². The molecule has 0 fully saturated rings. The van der Waals surface area contributed by atoms with E-state index in [0.717, 1.165) is 17.5 Å². The van der Waals surface area contributed by atoms with Gasteiger partial charge in [-0.25, -0.2) is 0 Å². The molecule has 0 aliphatic heterocycles. The number of nitrogens with one attached hydrogen (secondary N) is 2. The smallest absolute Gasteiger partial charge is 0.313 e. The second-order valence-electron chi connectivity index (χ2n) is 6.49. The van der Waals surface area contributed by atoms with Gasteiger partial charge < -0.3 is 15.7 Å². The summed E-state index contributed by atoms with van der Waals surface area (Å²) >= 11 is 0. The molecule has 23 heavy (non-hydrogen) atoms. The first kappa shape index (κ1) is 19.2. The van der Waals surface area contributed by atoms with Gasteiger partial charge in [0.1, 0.15) is 0 Å². The zero-order valence-corrected chi connectivity index (χ0v) is 14.5. The number of amides is 2. The molecule has 1 atom stereocenters. The van der Waals surface area contributed by atoms with Gasteiger partial charge in [0, 0.05) is 18.8 Å². The number of aliphatic hydroxyl groups is 1. The molecule has 5 nitrogen and oxygen atoms in total. The molecule has 1 aromatic carbocycles. The molecule has 0 aliphatic rings. The van der Waals surface area contributed by atoms with E-state index in [1.165, 1.54) is 0 Å². The third-order valence-electron chi connectivity index (χ3n) is 3.74. The Balaban J connectivity index is 2.56. The molecule has 0 radical (unpaired) electrons. The van der Waals surface area contributed by atoms with Crippen LogP contribution >= 0.6 is 0 Å². The van der Waals surface area contributed by atoms with Gasteiger partial charge in [-0.2, -0.15) is 0 Å². The molecule has 1 rings (SSSR count). The molecule has 0 spiro atoms. The van der Waals surface area contributed by atoms with E-state index in [9.17, 15) is 9.59 Å². The predicted octanol–water partition coefficient (Wildman–Crippen LogP) is 2.40. The van der Waals surface area contributed by atoms with E-state index in [0.29, 0.717) is 24.6 Å². The predicted molar refractivity (Wildman–Crippen MR) is 92.2 cm³/mol. The molecular weight excluding hydrogens is 292 g/mol. The molecule has 0 saturated heterocycles. The number of hydrogen-bond acceptors (Lipinski definition) is 3. The molecule has 3 N–H and O–H groups in total. The summed E-state index contributed by atoms with van der Waals surface area (Å²) in [5.41, 5.74) is 2.58. The fourth-order valence-corrected chi connectivity index (χ4v) is 2.52. The number of aryl methyl sites for hydroxylation is 2. The summed E-state index contributed by atoms with van der Waals surface area (Å²) < 4.78 is 0. The van der Waals surface area contributed by atoms with Crippen molar-refractivity contribution in [2.24, 2.45) is 11.8 Å². The Morgan fingerprint density at radius 3 is 2.48 bits per heavy atom. The van der Waals surface area contributed by atoms with Gasteiger partial charge in [-0.3, -0.25) is 9.59 Å². The Morgan fingerprint density at radius 2 is 1.87 bits per heavy atom. The second-order valence-corrected chi connectivity index (χ2v) is 6.49. The lowest BCUT2D eigenvalue weighted by Gasteiger charge is -2.18. The molecule has 128 valence electrons. The summed E-state index contributed by atoms with van der Waals surface area (Å²) in [6, 6.07) is 5.70. The van der Waals surface area contributed by atoms with Crippen molar-refractivity contribution in [3.8, 4) is 0 Å². The molecular formula is C18H28N2O3. The Labute approximate surface area is 138 Å². The van der Waals surface area contributed by atoms with E-state index in [1.807, 2.05) is 32.0 Å². The van der Waals surface area contributed by atoms with E-state index in [4.69, 9.17) is 5.11 Å². The van der Waals surface area contributed by atoms with E-state index in [1.54, 1.807) is 0 Å². The number of hydrogen-bond donors (Lipinski definition) is 3. The van der Waals surface area contributed by atoms with Crippen LogP contribution in [0.3, 0.4) is 0 Å². The lowest BCUT2D eigenvalue weighted by atomic mass is 9.94. The van der Waals surface area contributed by atoms with Crippen LogP contribution in [0.25, 0.3) is 0 Å². The minimum absolute atomic E-state index is 0.0853. The minimum atomic E-state index is -0.661. The lowest BCUT2D eigenvalue weighted by molar-refractivity contribution is -0.136. The van der Waals surface area contributed by atoms with Crippen molar-refractivity contribution in [3.63, 3.8) is 0 Å². The van der Waals surface area contributed by atoms with Gasteiger partial charge in [-0.15, -0.1) is 0 Å². The van der Waals surface area contributed by atoms with Crippen molar-refractivity contribution in [2.45, 2.75) is 40.5 Å². The van der Waals surface area contributed by atoms with Crippen LogP contribution in [0.15, 0.2) is 18.2 Å². The van der Waals surface area contributed by atoms with Gasteiger partial charge in [0.25, 0.3) is 0 Å². The maximum Gasteiger partial charge on any atom is 0.313 e. The number of aliphatic hydroxyl groups excluding tert-OH is 1. The maximum atomic E-state index is 12.0. The highest BCUT2D eigenvalue weighted by Gasteiger charge is 2.17. The largest absolute Gasteiger partial charge is 0.396 e. The monoisotopic (exact) mass is 320 g/mol. The molecule has 0 heterocycles. The van der Waals surface area contributed by atoms with Crippen molar-refractivity contribution < 1.29 is 14.7 Å². The van der Waals surface area contributed by atoms with Gasteiger partial charge in [-0.05, 0) is 55.7 Å². The second kappa shape index (κ2) is 9.30. The molecule has 0 bridgehead atoms.